The zero-order valence-corrected chi connectivity index (χ0v) is 11.9. The first-order valence-corrected chi connectivity index (χ1v) is 7.19. The second-order valence-corrected chi connectivity index (χ2v) is 5.22. The van der Waals surface area contributed by atoms with E-state index in [1.807, 2.05) is 4.90 Å². The molecule has 0 aliphatic carbocycles. The molecule has 21 heavy (non-hydrogen) atoms. The van der Waals surface area contributed by atoms with Gasteiger partial charge in [0.1, 0.15) is 5.82 Å². The third kappa shape index (κ3) is 4.44. The Labute approximate surface area is 123 Å². The molecule has 6 heteroatoms. The fraction of sp³-hybridized carbons (Fsp3) is 0.467. The molecule has 1 aliphatic heterocycles. The summed E-state index contributed by atoms with van der Waals surface area (Å²) in [5, 5.41) is 2.65. The minimum absolute atomic E-state index is 0.171. The normalized spacial score (nSPS) is 15.1. The number of carbonyl (C=O) groups excluding carboxylic acids is 2. The summed E-state index contributed by atoms with van der Waals surface area (Å²) in [7, 11) is 0. The molecule has 0 aromatic heterocycles. The molecule has 1 heterocycles. The van der Waals surface area contributed by atoms with Gasteiger partial charge in [-0.25, -0.2) is 4.39 Å². The number of hydrogen-bond acceptors (Lipinski definition) is 3. The van der Waals surface area contributed by atoms with E-state index in [2.05, 4.69) is 5.32 Å². The lowest BCUT2D eigenvalue weighted by Gasteiger charge is -2.26. The molecule has 1 saturated heterocycles. The van der Waals surface area contributed by atoms with Crippen LogP contribution in [0.1, 0.15) is 32.1 Å². The number of benzene rings is 1. The van der Waals surface area contributed by atoms with Crippen LogP contribution in [-0.2, 0) is 9.59 Å². The van der Waals surface area contributed by atoms with Crippen LogP contribution in [0.25, 0.3) is 0 Å². The molecule has 0 saturated carbocycles. The molecular formula is C15H20FN3O2. The average Bonchev–Trinajstić information content (AvgIpc) is 2.44. The molecule has 1 fully saturated rings. The van der Waals surface area contributed by atoms with Crippen LogP contribution in [-0.4, -0.2) is 29.8 Å². The van der Waals surface area contributed by atoms with E-state index in [-0.39, 0.29) is 17.5 Å². The second kappa shape index (κ2) is 7.06. The smallest absolute Gasteiger partial charge is 0.224 e. The van der Waals surface area contributed by atoms with Gasteiger partial charge in [-0.05, 0) is 37.5 Å². The summed E-state index contributed by atoms with van der Waals surface area (Å²) in [5.41, 5.74) is 6.24. The number of nitrogens with zero attached hydrogens (tertiary/aromatic N) is 1. The van der Waals surface area contributed by atoms with Crippen LogP contribution in [0.15, 0.2) is 18.2 Å². The van der Waals surface area contributed by atoms with Crippen molar-refractivity contribution in [2.24, 2.45) is 0 Å². The molecular weight excluding hydrogens is 273 g/mol. The zero-order chi connectivity index (χ0) is 15.2. The highest BCUT2D eigenvalue weighted by molar-refractivity contribution is 5.93. The fourth-order valence-corrected chi connectivity index (χ4v) is 2.39. The van der Waals surface area contributed by atoms with Crippen molar-refractivity contribution in [1.82, 2.24) is 4.90 Å². The fourth-order valence-electron chi connectivity index (χ4n) is 2.39. The first kappa shape index (κ1) is 15.3. The van der Waals surface area contributed by atoms with Gasteiger partial charge >= 0.3 is 0 Å². The van der Waals surface area contributed by atoms with E-state index >= 15 is 0 Å². The van der Waals surface area contributed by atoms with E-state index < -0.39 is 5.82 Å². The molecule has 114 valence electrons. The van der Waals surface area contributed by atoms with Crippen molar-refractivity contribution in [1.29, 1.82) is 0 Å². The van der Waals surface area contributed by atoms with Crippen LogP contribution in [0, 0.1) is 5.82 Å². The van der Waals surface area contributed by atoms with Gasteiger partial charge in [0.25, 0.3) is 0 Å². The lowest BCUT2D eigenvalue weighted by molar-refractivity contribution is -0.133. The molecule has 0 bridgehead atoms. The average molecular weight is 293 g/mol. The van der Waals surface area contributed by atoms with Gasteiger partial charge in [0.15, 0.2) is 0 Å². The van der Waals surface area contributed by atoms with E-state index in [1.54, 1.807) is 0 Å². The van der Waals surface area contributed by atoms with Crippen molar-refractivity contribution in [3.8, 4) is 0 Å². The standard InChI is InChI=1S/C15H20FN3O2/c16-11-6-7-13(12(17)10-11)18-14(20)4-3-9-19-8-2-1-5-15(19)21/h6-7,10H,1-5,8-9,17H2,(H,18,20). The highest BCUT2D eigenvalue weighted by Crippen LogP contribution is 2.19. The Hall–Kier alpha value is -2.11. The number of carbonyl (C=O) groups is 2. The maximum Gasteiger partial charge on any atom is 0.224 e. The molecule has 0 radical (unpaired) electrons. The molecule has 3 N–H and O–H groups in total. The Kier molecular flexibility index (Phi) is 5.14. The SMILES string of the molecule is Nc1cc(F)ccc1NC(=O)CCCN1CCCCC1=O. The Balaban J connectivity index is 1.75. The Morgan fingerprint density at radius 3 is 2.90 bits per heavy atom. The monoisotopic (exact) mass is 293 g/mol. The summed E-state index contributed by atoms with van der Waals surface area (Å²) >= 11 is 0. The highest BCUT2D eigenvalue weighted by atomic mass is 19.1. The van der Waals surface area contributed by atoms with Crippen LogP contribution in [0.4, 0.5) is 15.8 Å². The molecule has 5 nitrogen and oxygen atoms in total. The van der Waals surface area contributed by atoms with Crippen LogP contribution in [0.5, 0.6) is 0 Å². The van der Waals surface area contributed by atoms with Crippen LogP contribution in [0.2, 0.25) is 0 Å². The number of amides is 2. The van der Waals surface area contributed by atoms with Crippen LogP contribution >= 0.6 is 0 Å². The van der Waals surface area contributed by atoms with Crippen LogP contribution in [0.3, 0.4) is 0 Å². The lowest BCUT2D eigenvalue weighted by atomic mass is 10.1. The summed E-state index contributed by atoms with van der Waals surface area (Å²) < 4.78 is 12.9. The number of hydrogen-bond donors (Lipinski definition) is 2. The Morgan fingerprint density at radius 2 is 2.19 bits per heavy atom. The van der Waals surface area contributed by atoms with Gasteiger partial charge in [0, 0.05) is 25.9 Å². The maximum absolute atomic E-state index is 12.9. The van der Waals surface area contributed by atoms with Crippen LogP contribution < -0.4 is 11.1 Å². The largest absolute Gasteiger partial charge is 0.397 e. The van der Waals surface area contributed by atoms with Crippen molar-refractivity contribution < 1.29 is 14.0 Å². The van der Waals surface area contributed by atoms with E-state index in [0.717, 1.165) is 19.4 Å². The van der Waals surface area contributed by atoms with Gasteiger partial charge in [-0.15, -0.1) is 0 Å². The maximum atomic E-state index is 12.9. The van der Waals surface area contributed by atoms with Crippen molar-refractivity contribution in [2.75, 3.05) is 24.1 Å². The minimum Gasteiger partial charge on any atom is -0.397 e. The number of anilines is 2. The first-order chi connectivity index (χ1) is 10.1. The number of rotatable bonds is 5. The Bertz CT molecular complexity index is 534. The lowest BCUT2D eigenvalue weighted by Crippen LogP contribution is -2.36. The third-order valence-corrected chi connectivity index (χ3v) is 3.54. The number of likely N-dealkylation sites (tertiary alicyclic amines) is 1. The van der Waals surface area contributed by atoms with Gasteiger partial charge in [0.2, 0.25) is 11.8 Å². The van der Waals surface area contributed by atoms with Gasteiger partial charge in [-0.2, -0.15) is 0 Å². The summed E-state index contributed by atoms with van der Waals surface area (Å²) in [5.74, 6) is -0.448. The van der Waals surface area contributed by atoms with E-state index in [1.165, 1.54) is 18.2 Å². The second-order valence-electron chi connectivity index (χ2n) is 5.22. The molecule has 0 spiro atoms. The first-order valence-electron chi connectivity index (χ1n) is 7.19. The molecule has 1 aliphatic rings. The molecule has 1 aromatic carbocycles. The summed E-state index contributed by atoms with van der Waals surface area (Å²) in [6, 6.07) is 3.86. The molecule has 0 unspecified atom stereocenters. The molecule has 0 atom stereocenters. The number of halogens is 1. The van der Waals surface area contributed by atoms with Crippen molar-refractivity contribution in [3.63, 3.8) is 0 Å². The highest BCUT2D eigenvalue weighted by Gasteiger charge is 2.17. The third-order valence-electron chi connectivity index (χ3n) is 3.54. The summed E-state index contributed by atoms with van der Waals surface area (Å²) in [6.07, 6.45) is 3.52. The molecule has 2 rings (SSSR count). The quantitative estimate of drug-likeness (QED) is 0.817. The number of nitrogen functional groups attached to an aromatic ring is 1. The Morgan fingerprint density at radius 1 is 1.38 bits per heavy atom. The molecule has 1 aromatic rings. The van der Waals surface area contributed by atoms with Gasteiger partial charge < -0.3 is 16.0 Å². The topological polar surface area (TPSA) is 75.4 Å². The molecule has 2 amide bonds. The van der Waals surface area contributed by atoms with Gasteiger partial charge in [-0.3, -0.25) is 9.59 Å². The number of nitrogens with two attached hydrogens (primary N) is 1. The van der Waals surface area contributed by atoms with Crippen molar-refractivity contribution in [3.05, 3.63) is 24.0 Å². The van der Waals surface area contributed by atoms with E-state index in [9.17, 15) is 14.0 Å². The van der Waals surface area contributed by atoms with Gasteiger partial charge in [-0.1, -0.05) is 0 Å². The van der Waals surface area contributed by atoms with Crippen molar-refractivity contribution in [2.45, 2.75) is 32.1 Å². The number of piperidine rings is 1. The van der Waals surface area contributed by atoms with E-state index in [4.69, 9.17) is 5.73 Å². The summed E-state index contributed by atoms with van der Waals surface area (Å²) in [6.45, 7) is 1.39. The summed E-state index contributed by atoms with van der Waals surface area (Å²) in [4.78, 5) is 25.2. The minimum atomic E-state index is -0.436. The predicted octanol–water partition coefficient (Wildman–Crippen LogP) is 2.14. The number of nitrogens with one attached hydrogen (secondary N) is 1. The van der Waals surface area contributed by atoms with E-state index in [0.29, 0.717) is 31.5 Å². The van der Waals surface area contributed by atoms with Crippen molar-refractivity contribution >= 4 is 23.2 Å². The predicted molar refractivity (Wildman–Crippen MR) is 79.1 cm³/mol. The zero-order valence-electron chi connectivity index (χ0n) is 11.9. The van der Waals surface area contributed by atoms with Gasteiger partial charge in [0.05, 0.1) is 11.4 Å².